The number of hydrogen-bond donors (Lipinski definition) is 2. The van der Waals surface area contributed by atoms with Crippen LogP contribution in [0.5, 0.6) is 0 Å². The van der Waals surface area contributed by atoms with E-state index in [0.717, 1.165) is 39.5 Å². The van der Waals surface area contributed by atoms with Crippen molar-refractivity contribution in [3.05, 3.63) is 66.7 Å². The van der Waals surface area contributed by atoms with E-state index in [1.54, 1.807) is 0 Å². The number of fused-ring (bicyclic) bond motifs is 1. The van der Waals surface area contributed by atoms with E-state index in [2.05, 4.69) is 42.3 Å². The molecular formula is C21H20N4. The number of benzene rings is 2. The Hall–Kier alpha value is -3.14. The van der Waals surface area contributed by atoms with Crippen LogP contribution in [0.1, 0.15) is 13.8 Å². The number of rotatable bonds is 4. The van der Waals surface area contributed by atoms with Crippen LogP contribution in [0.2, 0.25) is 0 Å². The van der Waals surface area contributed by atoms with Crippen molar-refractivity contribution >= 4 is 16.9 Å². The Bertz CT molecular complexity index is 989. The molecule has 4 aromatic rings. The lowest BCUT2D eigenvalue weighted by Crippen LogP contribution is -2.12. The normalized spacial score (nSPS) is 11.2. The third kappa shape index (κ3) is 3.11. The number of aromatic nitrogens is 3. The average Bonchev–Trinajstić information content (AvgIpc) is 3.07. The molecule has 2 aromatic heterocycles. The molecule has 0 atom stereocenters. The molecule has 0 unspecified atom stereocenters. The van der Waals surface area contributed by atoms with Crippen LogP contribution in [0, 0.1) is 0 Å². The second-order valence-electron chi connectivity index (χ2n) is 6.37. The van der Waals surface area contributed by atoms with Crippen molar-refractivity contribution in [1.82, 2.24) is 15.0 Å². The van der Waals surface area contributed by atoms with Crippen LogP contribution in [0.15, 0.2) is 66.7 Å². The van der Waals surface area contributed by atoms with Gasteiger partial charge in [-0.2, -0.15) is 0 Å². The Labute approximate surface area is 147 Å². The van der Waals surface area contributed by atoms with Crippen LogP contribution in [0.3, 0.4) is 0 Å². The van der Waals surface area contributed by atoms with E-state index >= 15 is 0 Å². The summed E-state index contributed by atoms with van der Waals surface area (Å²) in [7, 11) is 0. The van der Waals surface area contributed by atoms with Gasteiger partial charge in [-0.1, -0.05) is 60.7 Å². The molecule has 0 saturated heterocycles. The standard InChI is InChI=1S/C21H20N4/c1-14(2)22-20-17-13-18(15-9-5-3-6-10-15)23-21(17)25-19(24-20)16-11-7-4-8-12-16/h3-14H,1-2H3,(H2,22,23,24,25). The highest BCUT2D eigenvalue weighted by molar-refractivity contribution is 5.93. The first kappa shape index (κ1) is 15.4. The zero-order chi connectivity index (χ0) is 17.2. The summed E-state index contributed by atoms with van der Waals surface area (Å²) in [5, 5.41) is 4.46. The molecule has 0 aliphatic carbocycles. The van der Waals surface area contributed by atoms with Crippen LogP contribution in [-0.4, -0.2) is 21.0 Å². The molecule has 124 valence electrons. The van der Waals surface area contributed by atoms with E-state index in [4.69, 9.17) is 9.97 Å². The zero-order valence-corrected chi connectivity index (χ0v) is 14.3. The largest absolute Gasteiger partial charge is 0.367 e. The van der Waals surface area contributed by atoms with Crippen molar-refractivity contribution in [2.45, 2.75) is 19.9 Å². The third-order valence-electron chi connectivity index (χ3n) is 4.03. The number of aromatic amines is 1. The van der Waals surface area contributed by atoms with Gasteiger partial charge in [0.1, 0.15) is 11.5 Å². The molecule has 0 amide bonds. The minimum Gasteiger partial charge on any atom is -0.367 e. The molecule has 4 heteroatoms. The van der Waals surface area contributed by atoms with Gasteiger partial charge in [-0.3, -0.25) is 0 Å². The van der Waals surface area contributed by atoms with Crippen LogP contribution < -0.4 is 5.32 Å². The molecule has 2 heterocycles. The fourth-order valence-corrected chi connectivity index (χ4v) is 2.88. The SMILES string of the molecule is CC(C)Nc1nc(-c2ccccc2)nc2[nH]c(-c3ccccc3)cc12. The van der Waals surface area contributed by atoms with E-state index in [9.17, 15) is 0 Å². The van der Waals surface area contributed by atoms with Crippen LogP contribution in [-0.2, 0) is 0 Å². The molecule has 0 saturated carbocycles. The first-order valence-electron chi connectivity index (χ1n) is 8.49. The van der Waals surface area contributed by atoms with E-state index in [1.807, 2.05) is 48.5 Å². The molecule has 0 aliphatic heterocycles. The van der Waals surface area contributed by atoms with Gasteiger partial charge in [0.2, 0.25) is 0 Å². The van der Waals surface area contributed by atoms with Crippen LogP contribution in [0.25, 0.3) is 33.7 Å². The molecule has 0 aliphatic rings. The summed E-state index contributed by atoms with van der Waals surface area (Å²) in [6, 6.07) is 22.7. The number of nitrogens with one attached hydrogen (secondary N) is 2. The van der Waals surface area contributed by atoms with E-state index in [-0.39, 0.29) is 6.04 Å². The predicted octanol–water partition coefficient (Wildman–Crippen LogP) is 5.11. The van der Waals surface area contributed by atoms with E-state index in [0.29, 0.717) is 0 Å². The lowest BCUT2D eigenvalue weighted by Gasteiger charge is -2.11. The predicted molar refractivity (Wildman–Crippen MR) is 104 cm³/mol. The number of nitrogens with zero attached hydrogens (tertiary/aromatic N) is 2. The highest BCUT2D eigenvalue weighted by atomic mass is 15.1. The van der Waals surface area contributed by atoms with Gasteiger partial charge in [-0.25, -0.2) is 9.97 Å². The van der Waals surface area contributed by atoms with Gasteiger partial charge in [0.15, 0.2) is 5.82 Å². The summed E-state index contributed by atoms with van der Waals surface area (Å²) in [5.41, 5.74) is 4.03. The van der Waals surface area contributed by atoms with Crippen molar-refractivity contribution in [2.24, 2.45) is 0 Å². The Morgan fingerprint density at radius 2 is 1.48 bits per heavy atom. The molecule has 0 bridgehead atoms. The number of hydrogen-bond acceptors (Lipinski definition) is 3. The zero-order valence-electron chi connectivity index (χ0n) is 14.3. The van der Waals surface area contributed by atoms with Gasteiger partial charge in [0.25, 0.3) is 0 Å². The molecule has 4 rings (SSSR count). The van der Waals surface area contributed by atoms with Gasteiger partial charge in [-0.15, -0.1) is 0 Å². The van der Waals surface area contributed by atoms with Gasteiger partial charge in [0, 0.05) is 17.3 Å². The third-order valence-corrected chi connectivity index (χ3v) is 4.03. The Balaban J connectivity index is 1.90. The molecule has 2 aromatic carbocycles. The van der Waals surface area contributed by atoms with Crippen LogP contribution in [0.4, 0.5) is 5.82 Å². The second kappa shape index (κ2) is 6.40. The molecule has 0 fully saturated rings. The van der Waals surface area contributed by atoms with Crippen molar-refractivity contribution in [3.8, 4) is 22.6 Å². The molecule has 4 nitrogen and oxygen atoms in total. The maximum absolute atomic E-state index is 4.78. The summed E-state index contributed by atoms with van der Waals surface area (Å²) < 4.78 is 0. The quantitative estimate of drug-likeness (QED) is 0.547. The maximum Gasteiger partial charge on any atom is 0.163 e. The lowest BCUT2D eigenvalue weighted by atomic mass is 10.1. The highest BCUT2D eigenvalue weighted by Crippen LogP contribution is 2.29. The van der Waals surface area contributed by atoms with Crippen molar-refractivity contribution < 1.29 is 0 Å². The van der Waals surface area contributed by atoms with E-state index < -0.39 is 0 Å². The molecular weight excluding hydrogens is 308 g/mol. The minimum absolute atomic E-state index is 0.289. The number of anilines is 1. The molecule has 2 N–H and O–H groups in total. The molecule has 25 heavy (non-hydrogen) atoms. The van der Waals surface area contributed by atoms with Crippen molar-refractivity contribution in [2.75, 3.05) is 5.32 Å². The summed E-state index contributed by atoms with van der Waals surface area (Å²) in [6.07, 6.45) is 0. The van der Waals surface area contributed by atoms with Crippen LogP contribution >= 0.6 is 0 Å². The maximum atomic E-state index is 4.78. The van der Waals surface area contributed by atoms with Gasteiger partial charge in [-0.05, 0) is 25.5 Å². The average molecular weight is 328 g/mol. The second-order valence-corrected chi connectivity index (χ2v) is 6.37. The van der Waals surface area contributed by atoms with Gasteiger partial charge < -0.3 is 10.3 Å². The topological polar surface area (TPSA) is 53.6 Å². The highest BCUT2D eigenvalue weighted by Gasteiger charge is 2.13. The Kier molecular flexibility index (Phi) is 3.94. The van der Waals surface area contributed by atoms with Gasteiger partial charge >= 0.3 is 0 Å². The summed E-state index contributed by atoms with van der Waals surface area (Å²) in [5.74, 6) is 1.58. The van der Waals surface area contributed by atoms with E-state index in [1.165, 1.54) is 0 Å². The van der Waals surface area contributed by atoms with Gasteiger partial charge in [0.05, 0.1) is 5.39 Å². The lowest BCUT2D eigenvalue weighted by molar-refractivity contribution is 0.891. The molecule has 0 radical (unpaired) electrons. The Morgan fingerprint density at radius 3 is 2.12 bits per heavy atom. The smallest absolute Gasteiger partial charge is 0.163 e. The minimum atomic E-state index is 0.289. The fourth-order valence-electron chi connectivity index (χ4n) is 2.88. The summed E-state index contributed by atoms with van der Waals surface area (Å²) >= 11 is 0. The molecule has 0 spiro atoms. The number of H-pyrrole nitrogens is 1. The first-order chi connectivity index (χ1) is 12.2. The monoisotopic (exact) mass is 328 g/mol. The van der Waals surface area contributed by atoms with Crippen molar-refractivity contribution in [3.63, 3.8) is 0 Å². The fraction of sp³-hybridized carbons (Fsp3) is 0.143. The Morgan fingerprint density at radius 1 is 0.840 bits per heavy atom. The van der Waals surface area contributed by atoms with Crippen molar-refractivity contribution in [1.29, 1.82) is 0 Å². The summed E-state index contributed by atoms with van der Waals surface area (Å²) in [4.78, 5) is 13.0. The summed E-state index contributed by atoms with van der Waals surface area (Å²) in [6.45, 7) is 4.22. The first-order valence-corrected chi connectivity index (χ1v) is 8.49.